The van der Waals surface area contributed by atoms with Crippen molar-refractivity contribution in [2.45, 2.75) is 13.8 Å². The number of rotatable bonds is 0. The van der Waals surface area contributed by atoms with Crippen LogP contribution in [0.4, 0.5) is 10.1 Å². The second-order valence-electron chi connectivity index (χ2n) is 3.24. The third-order valence-electron chi connectivity index (χ3n) is 2.33. The Hall–Kier alpha value is -1.71. The van der Waals surface area contributed by atoms with Gasteiger partial charge in [-0.05, 0) is 31.5 Å². The number of anilines is 1. The number of hydrogen-bond acceptors (Lipinski definition) is 3. The minimum absolute atomic E-state index is 0.438. The fraction of sp³-hybridized carbons (Fsp3) is 0.200. The van der Waals surface area contributed by atoms with Crippen LogP contribution in [0.3, 0.4) is 0 Å². The Morgan fingerprint density at radius 2 is 1.93 bits per heavy atom. The van der Waals surface area contributed by atoms with E-state index in [-0.39, 0.29) is 0 Å². The maximum absolute atomic E-state index is 12.9. The largest absolute Gasteiger partial charge is 0.397 e. The Morgan fingerprint density at radius 1 is 1.21 bits per heavy atom. The fourth-order valence-electron chi connectivity index (χ4n) is 1.35. The first-order valence-corrected chi connectivity index (χ1v) is 4.28. The standard InChI is InChI=1S/C10H10FN3/c1-5-6(2)13-7-3-4-8(11)14-10(7)9(5)12/h3-4H,1-2H3,(H2,12,13). The van der Waals surface area contributed by atoms with Crippen molar-refractivity contribution < 1.29 is 4.39 Å². The lowest BCUT2D eigenvalue weighted by molar-refractivity contribution is 0.589. The van der Waals surface area contributed by atoms with Crippen molar-refractivity contribution in [1.29, 1.82) is 0 Å². The van der Waals surface area contributed by atoms with E-state index in [1.165, 1.54) is 6.07 Å². The molecule has 0 saturated carbocycles. The molecular formula is C10H10FN3. The second-order valence-corrected chi connectivity index (χ2v) is 3.24. The zero-order chi connectivity index (χ0) is 10.3. The van der Waals surface area contributed by atoms with E-state index in [1.807, 2.05) is 13.8 Å². The summed E-state index contributed by atoms with van der Waals surface area (Å²) in [6.45, 7) is 3.72. The molecule has 2 N–H and O–H groups in total. The summed E-state index contributed by atoms with van der Waals surface area (Å²) in [4.78, 5) is 7.99. The number of fused-ring (bicyclic) bond motifs is 1. The molecule has 0 aromatic carbocycles. The van der Waals surface area contributed by atoms with Crippen LogP contribution in [-0.4, -0.2) is 9.97 Å². The first kappa shape index (κ1) is 8.87. The molecule has 0 saturated heterocycles. The Bertz CT molecular complexity index is 508. The van der Waals surface area contributed by atoms with E-state index in [0.29, 0.717) is 16.7 Å². The Balaban J connectivity index is 2.92. The van der Waals surface area contributed by atoms with Gasteiger partial charge in [0, 0.05) is 5.69 Å². The van der Waals surface area contributed by atoms with Crippen molar-refractivity contribution in [3.05, 3.63) is 29.3 Å². The van der Waals surface area contributed by atoms with Gasteiger partial charge in [0.05, 0.1) is 11.2 Å². The molecule has 0 spiro atoms. The van der Waals surface area contributed by atoms with Gasteiger partial charge in [0.25, 0.3) is 0 Å². The summed E-state index contributed by atoms with van der Waals surface area (Å²) in [5.41, 5.74) is 9.10. The van der Waals surface area contributed by atoms with Gasteiger partial charge in [-0.3, -0.25) is 4.98 Å². The molecule has 0 bridgehead atoms. The minimum atomic E-state index is -0.533. The van der Waals surface area contributed by atoms with Gasteiger partial charge in [0.2, 0.25) is 5.95 Å². The van der Waals surface area contributed by atoms with Crippen LogP contribution >= 0.6 is 0 Å². The normalized spacial score (nSPS) is 10.8. The molecule has 0 unspecified atom stereocenters. The van der Waals surface area contributed by atoms with Crippen molar-refractivity contribution in [2.75, 3.05) is 5.73 Å². The lowest BCUT2D eigenvalue weighted by atomic mass is 10.1. The van der Waals surface area contributed by atoms with Gasteiger partial charge in [-0.25, -0.2) is 4.98 Å². The SMILES string of the molecule is Cc1nc2ccc(F)nc2c(N)c1C. The van der Waals surface area contributed by atoms with Crippen LogP contribution in [0, 0.1) is 19.8 Å². The van der Waals surface area contributed by atoms with Gasteiger partial charge >= 0.3 is 0 Å². The topological polar surface area (TPSA) is 51.8 Å². The molecule has 72 valence electrons. The summed E-state index contributed by atoms with van der Waals surface area (Å²) < 4.78 is 12.9. The monoisotopic (exact) mass is 191 g/mol. The molecule has 2 aromatic rings. The molecule has 2 rings (SSSR count). The highest BCUT2D eigenvalue weighted by Crippen LogP contribution is 2.22. The van der Waals surface area contributed by atoms with Crippen LogP contribution < -0.4 is 5.73 Å². The fourth-order valence-corrected chi connectivity index (χ4v) is 1.35. The predicted octanol–water partition coefficient (Wildman–Crippen LogP) is 1.97. The maximum atomic E-state index is 12.9. The molecule has 2 heterocycles. The number of nitrogens with two attached hydrogens (primary N) is 1. The molecule has 14 heavy (non-hydrogen) atoms. The Kier molecular flexibility index (Phi) is 1.84. The number of halogens is 1. The van der Waals surface area contributed by atoms with E-state index in [9.17, 15) is 4.39 Å². The van der Waals surface area contributed by atoms with E-state index in [1.54, 1.807) is 6.07 Å². The zero-order valence-corrected chi connectivity index (χ0v) is 8.00. The average molecular weight is 191 g/mol. The molecule has 0 radical (unpaired) electrons. The lowest BCUT2D eigenvalue weighted by Gasteiger charge is -2.06. The van der Waals surface area contributed by atoms with Crippen LogP contribution in [0.15, 0.2) is 12.1 Å². The van der Waals surface area contributed by atoms with Crippen LogP contribution in [0.25, 0.3) is 11.0 Å². The number of aromatic nitrogens is 2. The summed E-state index contributed by atoms with van der Waals surface area (Å²) in [7, 11) is 0. The quantitative estimate of drug-likeness (QED) is 0.647. The first-order chi connectivity index (χ1) is 6.59. The highest BCUT2D eigenvalue weighted by molar-refractivity contribution is 5.88. The molecule has 3 nitrogen and oxygen atoms in total. The summed E-state index contributed by atoms with van der Waals surface area (Å²) in [5.74, 6) is -0.533. The number of pyridine rings is 2. The molecule has 0 aliphatic rings. The van der Waals surface area contributed by atoms with Gasteiger partial charge in [0.15, 0.2) is 0 Å². The minimum Gasteiger partial charge on any atom is -0.397 e. The molecule has 2 aromatic heterocycles. The maximum Gasteiger partial charge on any atom is 0.213 e. The lowest BCUT2D eigenvalue weighted by Crippen LogP contribution is -1.99. The number of nitrogen functional groups attached to an aromatic ring is 1. The Labute approximate surface area is 80.8 Å². The first-order valence-electron chi connectivity index (χ1n) is 4.28. The summed E-state index contributed by atoms with van der Waals surface area (Å²) in [5, 5.41) is 0. The molecule has 0 fully saturated rings. The van der Waals surface area contributed by atoms with Gasteiger partial charge in [-0.2, -0.15) is 4.39 Å². The van der Waals surface area contributed by atoms with Gasteiger partial charge < -0.3 is 5.73 Å². The third kappa shape index (κ3) is 1.19. The number of nitrogens with zero attached hydrogens (tertiary/aromatic N) is 2. The number of hydrogen-bond donors (Lipinski definition) is 1. The average Bonchev–Trinajstić information content (AvgIpc) is 2.16. The summed E-state index contributed by atoms with van der Waals surface area (Å²) in [6.07, 6.45) is 0. The molecule has 0 aliphatic heterocycles. The number of aryl methyl sites for hydroxylation is 1. The molecular weight excluding hydrogens is 181 g/mol. The van der Waals surface area contributed by atoms with Crippen LogP contribution in [-0.2, 0) is 0 Å². The van der Waals surface area contributed by atoms with Gasteiger partial charge in [-0.15, -0.1) is 0 Å². The van der Waals surface area contributed by atoms with Crippen molar-refractivity contribution in [3.8, 4) is 0 Å². The second kappa shape index (κ2) is 2.90. The van der Waals surface area contributed by atoms with Gasteiger partial charge in [-0.1, -0.05) is 0 Å². The highest BCUT2D eigenvalue weighted by atomic mass is 19.1. The van der Waals surface area contributed by atoms with Crippen LogP contribution in [0.5, 0.6) is 0 Å². The van der Waals surface area contributed by atoms with Crippen molar-refractivity contribution in [2.24, 2.45) is 0 Å². The summed E-state index contributed by atoms with van der Waals surface area (Å²) in [6, 6.07) is 2.87. The summed E-state index contributed by atoms with van der Waals surface area (Å²) >= 11 is 0. The van der Waals surface area contributed by atoms with Gasteiger partial charge in [0.1, 0.15) is 5.52 Å². The van der Waals surface area contributed by atoms with E-state index < -0.39 is 5.95 Å². The smallest absolute Gasteiger partial charge is 0.213 e. The molecule has 0 atom stereocenters. The van der Waals surface area contributed by atoms with E-state index in [2.05, 4.69) is 9.97 Å². The van der Waals surface area contributed by atoms with Crippen LogP contribution in [0.1, 0.15) is 11.3 Å². The predicted molar refractivity (Wildman–Crippen MR) is 53.4 cm³/mol. The van der Waals surface area contributed by atoms with Crippen molar-refractivity contribution in [1.82, 2.24) is 9.97 Å². The van der Waals surface area contributed by atoms with E-state index in [4.69, 9.17) is 5.73 Å². The van der Waals surface area contributed by atoms with Crippen molar-refractivity contribution in [3.63, 3.8) is 0 Å². The van der Waals surface area contributed by atoms with E-state index in [0.717, 1.165) is 11.3 Å². The van der Waals surface area contributed by atoms with Crippen molar-refractivity contribution >= 4 is 16.7 Å². The molecule has 4 heteroatoms. The molecule has 0 aliphatic carbocycles. The molecule has 0 amide bonds. The highest BCUT2D eigenvalue weighted by Gasteiger charge is 2.07. The Morgan fingerprint density at radius 3 is 2.64 bits per heavy atom. The zero-order valence-electron chi connectivity index (χ0n) is 8.00. The third-order valence-corrected chi connectivity index (χ3v) is 2.33. The van der Waals surface area contributed by atoms with E-state index >= 15 is 0 Å². The van der Waals surface area contributed by atoms with Crippen LogP contribution in [0.2, 0.25) is 0 Å².